The molecular weight excluding hydrogens is 407 g/mol. The molecule has 0 atom stereocenters. The Morgan fingerprint density at radius 3 is 2.77 bits per heavy atom. The zero-order valence-corrected chi connectivity index (χ0v) is 16.6. The minimum absolute atomic E-state index is 0.156. The fourth-order valence-corrected chi connectivity index (χ4v) is 3.03. The van der Waals surface area contributed by atoms with Crippen LogP contribution in [0.1, 0.15) is 13.3 Å². The van der Waals surface area contributed by atoms with E-state index in [0.717, 1.165) is 5.39 Å². The van der Waals surface area contributed by atoms with Crippen molar-refractivity contribution in [3.05, 3.63) is 65.8 Å². The van der Waals surface area contributed by atoms with Crippen LogP contribution >= 0.6 is 11.6 Å². The number of fused-ring (bicyclic) bond motifs is 1. The van der Waals surface area contributed by atoms with Gasteiger partial charge in [0.15, 0.2) is 5.65 Å². The average molecular weight is 423 g/mol. The third-order valence-electron chi connectivity index (χ3n) is 4.31. The Kier molecular flexibility index (Phi) is 5.49. The van der Waals surface area contributed by atoms with Crippen molar-refractivity contribution in [2.45, 2.75) is 13.3 Å². The van der Waals surface area contributed by atoms with Crippen molar-refractivity contribution in [1.29, 1.82) is 0 Å². The van der Waals surface area contributed by atoms with Crippen molar-refractivity contribution in [2.24, 2.45) is 0 Å². The second-order valence-corrected chi connectivity index (χ2v) is 6.81. The summed E-state index contributed by atoms with van der Waals surface area (Å²) < 4.78 is 14.4. The molecule has 0 aliphatic carbocycles. The molecule has 3 heterocycles. The number of amides is 1. The quantitative estimate of drug-likeness (QED) is 0.471. The number of hydrogen-bond donors (Lipinski definition) is 2. The lowest BCUT2D eigenvalue weighted by Gasteiger charge is -2.12. The van der Waals surface area contributed by atoms with Crippen molar-refractivity contribution in [2.75, 3.05) is 10.6 Å². The third-order valence-corrected chi connectivity index (χ3v) is 4.54. The number of hydrogen-bond acceptors (Lipinski definition) is 6. The Bertz CT molecular complexity index is 1250. The zero-order valence-electron chi connectivity index (χ0n) is 15.9. The van der Waals surface area contributed by atoms with Crippen LogP contribution < -0.4 is 10.6 Å². The van der Waals surface area contributed by atoms with E-state index in [9.17, 15) is 9.18 Å². The fraction of sp³-hybridized carbons (Fsp3) is 0.0952. The Morgan fingerprint density at radius 1 is 1.10 bits per heavy atom. The lowest BCUT2D eigenvalue weighted by Crippen LogP contribution is -2.11. The van der Waals surface area contributed by atoms with Crippen LogP contribution in [0.25, 0.3) is 22.3 Å². The van der Waals surface area contributed by atoms with Crippen molar-refractivity contribution in [1.82, 2.24) is 19.9 Å². The van der Waals surface area contributed by atoms with Crippen molar-refractivity contribution < 1.29 is 9.18 Å². The maximum atomic E-state index is 14.4. The highest BCUT2D eigenvalue weighted by molar-refractivity contribution is 6.30. The smallest absolute Gasteiger partial charge is 0.225 e. The molecule has 2 N–H and O–H groups in total. The summed E-state index contributed by atoms with van der Waals surface area (Å²) in [5.74, 6) is 0.221. The van der Waals surface area contributed by atoms with Gasteiger partial charge in [-0.3, -0.25) is 4.79 Å². The molecule has 9 heteroatoms. The van der Waals surface area contributed by atoms with Gasteiger partial charge in [-0.15, -0.1) is 0 Å². The second-order valence-electron chi connectivity index (χ2n) is 6.37. The number of anilines is 3. The van der Waals surface area contributed by atoms with E-state index >= 15 is 0 Å². The summed E-state index contributed by atoms with van der Waals surface area (Å²) in [4.78, 5) is 28.6. The van der Waals surface area contributed by atoms with Crippen LogP contribution in [0.2, 0.25) is 5.02 Å². The van der Waals surface area contributed by atoms with Crippen LogP contribution in [-0.2, 0) is 4.79 Å². The summed E-state index contributed by atoms with van der Waals surface area (Å²) in [7, 11) is 0. The first-order valence-electron chi connectivity index (χ1n) is 9.13. The van der Waals surface area contributed by atoms with E-state index in [4.69, 9.17) is 11.6 Å². The van der Waals surface area contributed by atoms with E-state index in [-0.39, 0.29) is 11.5 Å². The molecule has 150 valence electrons. The molecule has 0 spiro atoms. The third kappa shape index (κ3) is 4.18. The molecule has 0 aliphatic rings. The zero-order chi connectivity index (χ0) is 21.1. The molecule has 1 aromatic carbocycles. The lowest BCUT2D eigenvalue weighted by molar-refractivity contribution is -0.115. The normalized spacial score (nSPS) is 10.8. The van der Waals surface area contributed by atoms with E-state index in [0.29, 0.717) is 40.1 Å². The number of aromatic nitrogens is 4. The molecule has 0 radical (unpaired) electrons. The molecule has 0 fully saturated rings. The van der Waals surface area contributed by atoms with Gasteiger partial charge in [-0.05, 0) is 36.4 Å². The first-order chi connectivity index (χ1) is 14.5. The van der Waals surface area contributed by atoms with Gasteiger partial charge in [0, 0.05) is 34.7 Å². The molecular formula is C21H16ClFN6O. The van der Waals surface area contributed by atoms with E-state index < -0.39 is 5.82 Å². The minimum atomic E-state index is -0.445. The van der Waals surface area contributed by atoms with Gasteiger partial charge in [0.1, 0.15) is 23.8 Å². The van der Waals surface area contributed by atoms with E-state index in [2.05, 4.69) is 30.6 Å². The van der Waals surface area contributed by atoms with Crippen LogP contribution in [0.5, 0.6) is 0 Å². The number of carbonyl (C=O) groups excluding carboxylic acids is 1. The maximum Gasteiger partial charge on any atom is 0.225 e. The Labute approximate surface area is 176 Å². The summed E-state index contributed by atoms with van der Waals surface area (Å²) in [5, 5.41) is 6.99. The Morgan fingerprint density at radius 2 is 1.93 bits per heavy atom. The van der Waals surface area contributed by atoms with Gasteiger partial charge < -0.3 is 10.6 Å². The monoisotopic (exact) mass is 422 g/mol. The van der Waals surface area contributed by atoms with Gasteiger partial charge in [-0.2, -0.15) is 0 Å². The Balaban J connectivity index is 1.78. The van der Waals surface area contributed by atoms with Crippen LogP contribution in [0.4, 0.5) is 21.7 Å². The van der Waals surface area contributed by atoms with Gasteiger partial charge in [0.05, 0.1) is 11.4 Å². The molecule has 7 nitrogen and oxygen atoms in total. The maximum absolute atomic E-state index is 14.4. The topological polar surface area (TPSA) is 92.7 Å². The van der Waals surface area contributed by atoms with Crippen LogP contribution in [-0.4, -0.2) is 25.8 Å². The second kappa shape index (κ2) is 8.38. The molecule has 0 saturated carbocycles. The molecule has 4 aromatic rings. The Hall–Kier alpha value is -3.65. The molecule has 0 bridgehead atoms. The fourth-order valence-electron chi connectivity index (χ4n) is 2.86. The van der Waals surface area contributed by atoms with Gasteiger partial charge in [-0.25, -0.2) is 24.3 Å². The number of pyridine rings is 2. The highest BCUT2D eigenvalue weighted by Crippen LogP contribution is 2.31. The number of carbonyl (C=O) groups is 1. The molecule has 0 saturated heterocycles. The summed E-state index contributed by atoms with van der Waals surface area (Å²) in [6.45, 7) is 1.75. The molecule has 4 rings (SSSR count). The predicted molar refractivity (Wildman–Crippen MR) is 114 cm³/mol. The first kappa shape index (κ1) is 19.7. The number of halogens is 2. The van der Waals surface area contributed by atoms with Crippen molar-refractivity contribution >= 4 is 45.9 Å². The average Bonchev–Trinajstić information content (AvgIpc) is 2.75. The lowest BCUT2D eigenvalue weighted by atomic mass is 10.1. The van der Waals surface area contributed by atoms with E-state index in [1.807, 2.05) is 6.07 Å². The van der Waals surface area contributed by atoms with E-state index in [1.165, 1.54) is 24.5 Å². The minimum Gasteiger partial charge on any atom is -0.339 e. The number of nitrogens with one attached hydrogen (secondary N) is 2. The summed E-state index contributed by atoms with van der Waals surface area (Å²) >= 11 is 6.05. The van der Waals surface area contributed by atoms with Crippen molar-refractivity contribution in [3.8, 4) is 11.3 Å². The molecule has 0 aliphatic heterocycles. The van der Waals surface area contributed by atoms with Crippen LogP contribution in [0.3, 0.4) is 0 Å². The molecule has 1 amide bonds. The number of benzene rings is 1. The standard InChI is InChI=1S/C21H16ClFN6O/c1-2-20(30)29-19-10-18(25-11-26-19)27-16-9-17(14-8-12(22)5-6-15(14)23)28-21-13(16)4-3-7-24-21/h3-11H,2H2,1H3,(H2,24,25,26,27,28,29,30). The first-order valence-corrected chi connectivity index (χ1v) is 9.51. The van der Waals surface area contributed by atoms with Gasteiger partial charge in [0.25, 0.3) is 0 Å². The van der Waals surface area contributed by atoms with E-state index in [1.54, 1.807) is 31.3 Å². The summed E-state index contributed by atoms with van der Waals surface area (Å²) in [6, 6.07) is 11.2. The van der Waals surface area contributed by atoms with Gasteiger partial charge >= 0.3 is 0 Å². The van der Waals surface area contributed by atoms with Crippen molar-refractivity contribution in [3.63, 3.8) is 0 Å². The SMILES string of the molecule is CCC(=O)Nc1cc(Nc2cc(-c3cc(Cl)ccc3F)nc3ncccc23)ncn1. The number of nitrogens with zero attached hydrogens (tertiary/aromatic N) is 4. The highest BCUT2D eigenvalue weighted by Gasteiger charge is 2.13. The summed E-state index contributed by atoms with van der Waals surface area (Å²) in [6.07, 6.45) is 3.29. The molecule has 30 heavy (non-hydrogen) atoms. The number of rotatable bonds is 5. The summed E-state index contributed by atoms with van der Waals surface area (Å²) in [5.41, 5.74) is 1.69. The largest absolute Gasteiger partial charge is 0.339 e. The van der Waals surface area contributed by atoms with Crippen LogP contribution in [0.15, 0.2) is 55.0 Å². The van der Waals surface area contributed by atoms with Gasteiger partial charge in [0.2, 0.25) is 5.91 Å². The predicted octanol–water partition coefficient (Wildman–Crippen LogP) is 4.97. The molecule has 3 aromatic heterocycles. The highest BCUT2D eigenvalue weighted by atomic mass is 35.5. The molecule has 0 unspecified atom stereocenters. The van der Waals surface area contributed by atoms with Gasteiger partial charge in [-0.1, -0.05) is 18.5 Å². The van der Waals surface area contributed by atoms with Crippen LogP contribution in [0, 0.1) is 5.82 Å².